The van der Waals surface area contributed by atoms with Crippen molar-refractivity contribution in [3.63, 3.8) is 0 Å². The number of rotatable bonds is 5. The third-order valence-electron chi connectivity index (χ3n) is 3.35. The first-order valence-electron chi connectivity index (χ1n) is 6.68. The Kier molecular flexibility index (Phi) is 7.21. The van der Waals surface area contributed by atoms with Crippen LogP contribution in [0.5, 0.6) is 0 Å². The van der Waals surface area contributed by atoms with Gasteiger partial charge in [-0.3, -0.25) is 4.79 Å². The minimum Gasteiger partial charge on any atom is -0.389 e. The highest BCUT2D eigenvalue weighted by Crippen LogP contribution is 2.22. The molecule has 0 spiro atoms. The molecule has 17 heavy (non-hydrogen) atoms. The van der Waals surface area contributed by atoms with Crippen LogP contribution in [0.25, 0.3) is 0 Å². The molecule has 4 nitrogen and oxygen atoms in total. The molecule has 1 saturated carbocycles. The average Bonchev–Trinajstić information content (AvgIpc) is 2.26. The number of hydrogen-bond donors (Lipinski definition) is 2. The fraction of sp³-hybridized carbons (Fsp3) is 0.923. The largest absolute Gasteiger partial charge is 0.389 e. The van der Waals surface area contributed by atoms with E-state index >= 15 is 0 Å². The molecule has 0 aliphatic heterocycles. The summed E-state index contributed by atoms with van der Waals surface area (Å²) in [6.45, 7) is 0.564. The maximum Gasteiger partial charge on any atom is 0.223 e. The molecule has 0 aromatic rings. The molecule has 100 valence electrons. The van der Waals surface area contributed by atoms with Gasteiger partial charge in [-0.1, -0.05) is 32.1 Å². The number of hydrogen-bond acceptors (Lipinski definition) is 3. The summed E-state index contributed by atoms with van der Waals surface area (Å²) in [4.78, 5) is 11.9. The number of aliphatic hydroxyl groups excluding tert-OH is 1. The van der Waals surface area contributed by atoms with E-state index < -0.39 is 6.10 Å². The van der Waals surface area contributed by atoms with Gasteiger partial charge in [0.25, 0.3) is 0 Å². The predicted octanol–water partition coefficient (Wildman–Crippen LogP) is 1.47. The van der Waals surface area contributed by atoms with Crippen LogP contribution >= 0.6 is 0 Å². The van der Waals surface area contributed by atoms with E-state index in [0.29, 0.717) is 6.54 Å². The molecule has 1 unspecified atom stereocenters. The number of carbonyl (C=O) groups is 1. The van der Waals surface area contributed by atoms with Crippen LogP contribution in [0.4, 0.5) is 0 Å². The van der Waals surface area contributed by atoms with Crippen LogP contribution in [0.15, 0.2) is 0 Å². The van der Waals surface area contributed by atoms with Crippen LogP contribution in [0.1, 0.15) is 44.9 Å². The van der Waals surface area contributed by atoms with Crippen molar-refractivity contribution >= 4 is 5.91 Å². The van der Waals surface area contributed by atoms with Crippen LogP contribution in [0, 0.1) is 5.92 Å². The first-order valence-corrected chi connectivity index (χ1v) is 6.68. The zero-order chi connectivity index (χ0) is 12.5. The lowest BCUT2D eigenvalue weighted by molar-refractivity contribution is -0.126. The Morgan fingerprint density at radius 1 is 1.29 bits per heavy atom. The van der Waals surface area contributed by atoms with Gasteiger partial charge in [0.15, 0.2) is 0 Å². The molecule has 1 aliphatic carbocycles. The van der Waals surface area contributed by atoms with Gasteiger partial charge in [0, 0.05) is 19.6 Å². The van der Waals surface area contributed by atoms with Crippen molar-refractivity contribution in [3.05, 3.63) is 0 Å². The van der Waals surface area contributed by atoms with Crippen molar-refractivity contribution < 1.29 is 14.6 Å². The van der Waals surface area contributed by atoms with E-state index in [4.69, 9.17) is 4.74 Å². The third-order valence-corrected chi connectivity index (χ3v) is 3.35. The van der Waals surface area contributed by atoms with Gasteiger partial charge in [-0.25, -0.2) is 0 Å². The van der Waals surface area contributed by atoms with Gasteiger partial charge in [0.1, 0.15) is 0 Å². The molecule has 1 fully saturated rings. The second-order valence-corrected chi connectivity index (χ2v) is 4.90. The van der Waals surface area contributed by atoms with Crippen molar-refractivity contribution in [2.75, 3.05) is 20.3 Å². The summed E-state index contributed by atoms with van der Waals surface area (Å²) in [6, 6.07) is 0. The molecule has 1 atom stereocenters. The summed E-state index contributed by atoms with van der Waals surface area (Å²) in [5.74, 6) is 0.243. The van der Waals surface area contributed by atoms with E-state index in [0.717, 1.165) is 25.7 Å². The zero-order valence-corrected chi connectivity index (χ0v) is 10.8. The van der Waals surface area contributed by atoms with E-state index in [2.05, 4.69) is 5.32 Å². The molecule has 0 aromatic carbocycles. The van der Waals surface area contributed by atoms with Gasteiger partial charge in [-0.05, 0) is 12.8 Å². The lowest BCUT2D eigenvalue weighted by Crippen LogP contribution is -2.38. The monoisotopic (exact) mass is 243 g/mol. The number of ether oxygens (including phenoxy) is 1. The standard InChI is InChI=1S/C13H25NO3/c1-17-10-12(15)9-14-13(16)11-7-5-3-2-4-6-8-11/h11-12,15H,2-10H2,1H3,(H,14,16). The predicted molar refractivity (Wildman–Crippen MR) is 66.7 cm³/mol. The third kappa shape index (κ3) is 6.03. The van der Waals surface area contributed by atoms with Gasteiger partial charge < -0.3 is 15.2 Å². The first-order chi connectivity index (χ1) is 8.24. The summed E-state index contributed by atoms with van der Waals surface area (Å²) in [5.41, 5.74) is 0. The Hall–Kier alpha value is -0.610. The molecular weight excluding hydrogens is 218 g/mol. The average molecular weight is 243 g/mol. The Morgan fingerprint density at radius 2 is 1.88 bits per heavy atom. The summed E-state index contributed by atoms with van der Waals surface area (Å²) >= 11 is 0. The number of nitrogens with one attached hydrogen (secondary N) is 1. The SMILES string of the molecule is COCC(O)CNC(=O)C1CCCCCCC1. The second-order valence-electron chi connectivity index (χ2n) is 4.90. The summed E-state index contributed by atoms with van der Waals surface area (Å²) < 4.78 is 4.82. The molecule has 0 radical (unpaired) electrons. The van der Waals surface area contributed by atoms with Crippen LogP contribution in [-0.4, -0.2) is 37.4 Å². The Balaban J connectivity index is 2.24. The Labute approximate surface area is 104 Å². The summed E-state index contributed by atoms with van der Waals surface area (Å²) in [6.07, 6.45) is 7.49. The molecular formula is C13H25NO3. The highest BCUT2D eigenvalue weighted by atomic mass is 16.5. The first kappa shape index (κ1) is 14.5. The zero-order valence-electron chi connectivity index (χ0n) is 10.8. The lowest BCUT2D eigenvalue weighted by Gasteiger charge is -2.20. The minimum atomic E-state index is -0.600. The topological polar surface area (TPSA) is 58.6 Å². The normalized spacial score (nSPS) is 20.4. The number of aliphatic hydroxyl groups is 1. The molecule has 0 heterocycles. The maximum absolute atomic E-state index is 11.9. The van der Waals surface area contributed by atoms with Crippen molar-refractivity contribution in [1.29, 1.82) is 0 Å². The minimum absolute atomic E-state index is 0.0991. The van der Waals surface area contributed by atoms with E-state index in [1.807, 2.05) is 0 Å². The Morgan fingerprint density at radius 3 is 2.47 bits per heavy atom. The van der Waals surface area contributed by atoms with E-state index in [1.165, 1.54) is 19.3 Å². The quantitative estimate of drug-likeness (QED) is 0.768. The maximum atomic E-state index is 11.9. The van der Waals surface area contributed by atoms with Gasteiger partial charge in [0.05, 0.1) is 12.7 Å². The van der Waals surface area contributed by atoms with Crippen LogP contribution in [0.3, 0.4) is 0 Å². The molecule has 0 saturated heterocycles. The summed E-state index contributed by atoms with van der Waals surface area (Å²) in [5, 5.41) is 12.3. The molecule has 1 rings (SSSR count). The molecule has 1 aliphatic rings. The molecule has 0 aromatic heterocycles. The second kappa shape index (κ2) is 8.48. The van der Waals surface area contributed by atoms with Crippen LogP contribution in [0.2, 0.25) is 0 Å². The van der Waals surface area contributed by atoms with Crippen molar-refractivity contribution in [2.24, 2.45) is 5.92 Å². The highest BCUT2D eigenvalue weighted by Gasteiger charge is 2.19. The van der Waals surface area contributed by atoms with Crippen molar-refractivity contribution in [1.82, 2.24) is 5.32 Å². The van der Waals surface area contributed by atoms with Crippen molar-refractivity contribution in [3.8, 4) is 0 Å². The summed E-state index contributed by atoms with van der Waals surface area (Å²) in [7, 11) is 1.54. The van der Waals surface area contributed by atoms with Crippen LogP contribution < -0.4 is 5.32 Å². The van der Waals surface area contributed by atoms with Gasteiger partial charge in [0.2, 0.25) is 5.91 Å². The fourth-order valence-electron chi connectivity index (χ4n) is 2.33. The molecule has 1 amide bonds. The number of amides is 1. The van der Waals surface area contributed by atoms with E-state index in [1.54, 1.807) is 7.11 Å². The van der Waals surface area contributed by atoms with Crippen LogP contribution in [-0.2, 0) is 9.53 Å². The van der Waals surface area contributed by atoms with Gasteiger partial charge in [-0.15, -0.1) is 0 Å². The fourth-order valence-corrected chi connectivity index (χ4v) is 2.33. The van der Waals surface area contributed by atoms with Crippen molar-refractivity contribution in [2.45, 2.75) is 51.0 Å². The van der Waals surface area contributed by atoms with Gasteiger partial charge >= 0.3 is 0 Å². The molecule has 0 bridgehead atoms. The lowest BCUT2D eigenvalue weighted by atomic mass is 9.90. The molecule has 2 N–H and O–H groups in total. The number of methoxy groups -OCH3 is 1. The highest BCUT2D eigenvalue weighted by molar-refractivity contribution is 5.78. The number of carbonyl (C=O) groups excluding carboxylic acids is 1. The smallest absolute Gasteiger partial charge is 0.223 e. The molecule has 4 heteroatoms. The van der Waals surface area contributed by atoms with E-state index in [9.17, 15) is 9.90 Å². The Bertz CT molecular complexity index is 213. The van der Waals surface area contributed by atoms with Gasteiger partial charge in [-0.2, -0.15) is 0 Å². The van der Waals surface area contributed by atoms with E-state index in [-0.39, 0.29) is 18.4 Å².